The molecule has 136 valence electrons. The molecular weight excluding hydrogens is 394 g/mol. The number of nitrogens with one attached hydrogen (secondary N) is 1. The number of rotatable bonds is 6. The number of carbonyl (C=O) groups is 2. The van der Waals surface area contributed by atoms with Gasteiger partial charge in [0, 0.05) is 22.9 Å². The average molecular weight is 410 g/mol. The van der Waals surface area contributed by atoms with Crippen molar-refractivity contribution in [2.75, 3.05) is 19.4 Å². The van der Waals surface area contributed by atoms with Gasteiger partial charge in [-0.1, -0.05) is 17.8 Å². The number of fused-ring (bicyclic) bond motifs is 1. The second-order valence-corrected chi connectivity index (χ2v) is 7.96. The molecule has 0 saturated heterocycles. The number of amides is 1. The van der Waals surface area contributed by atoms with Crippen LogP contribution in [0.2, 0.25) is 0 Å². The van der Waals surface area contributed by atoms with Gasteiger partial charge in [0.25, 0.3) is 5.56 Å². The molecule has 0 spiro atoms. The number of esters is 1. The summed E-state index contributed by atoms with van der Waals surface area (Å²) in [5.74, 6) is -0.804. The largest absolute Gasteiger partial charge is 0.468 e. The van der Waals surface area contributed by atoms with Crippen molar-refractivity contribution in [2.45, 2.75) is 5.16 Å². The summed E-state index contributed by atoms with van der Waals surface area (Å²) in [5, 5.41) is 7.40. The summed E-state index contributed by atoms with van der Waals surface area (Å²) in [6, 6.07) is 3.92. The van der Waals surface area contributed by atoms with E-state index in [9.17, 15) is 14.4 Å². The number of aromatic nitrogens is 2. The second kappa shape index (κ2) is 8.02. The summed E-state index contributed by atoms with van der Waals surface area (Å²) in [4.78, 5) is 41.8. The molecule has 3 rings (SSSR count). The molecule has 7 nitrogen and oxygen atoms in total. The van der Waals surface area contributed by atoms with Gasteiger partial charge >= 0.3 is 5.97 Å². The summed E-state index contributed by atoms with van der Waals surface area (Å²) in [6.45, 7) is -0.184. The highest BCUT2D eigenvalue weighted by Gasteiger charge is 2.17. The molecule has 0 atom stereocenters. The molecule has 0 aromatic carbocycles. The Bertz CT molecular complexity index is 1010. The first kappa shape index (κ1) is 18.6. The number of carbonyl (C=O) groups excluding carboxylic acids is 2. The van der Waals surface area contributed by atoms with Crippen LogP contribution in [-0.4, -0.2) is 40.8 Å². The third kappa shape index (κ3) is 3.81. The standard InChI is InChI=1S/C16H15N3O4S3/c1-19-15(22)13-9(10-4-3-5-24-10)7-25-14(13)18-16(19)26-8-11(20)17-6-12(21)23-2/h3-5,7H,6,8H2,1-2H3,(H,17,20). The van der Waals surface area contributed by atoms with Crippen LogP contribution in [0, 0.1) is 0 Å². The van der Waals surface area contributed by atoms with Gasteiger partial charge in [-0.05, 0) is 11.4 Å². The van der Waals surface area contributed by atoms with Crippen LogP contribution in [0.5, 0.6) is 0 Å². The first-order chi connectivity index (χ1) is 12.5. The molecule has 3 heterocycles. The summed E-state index contributed by atoms with van der Waals surface area (Å²) in [5.41, 5.74) is 0.748. The van der Waals surface area contributed by atoms with Gasteiger partial charge in [-0.3, -0.25) is 19.0 Å². The normalized spacial score (nSPS) is 10.8. The van der Waals surface area contributed by atoms with E-state index in [1.807, 2.05) is 22.9 Å². The zero-order chi connectivity index (χ0) is 18.7. The molecule has 3 aromatic rings. The molecule has 0 unspecified atom stereocenters. The Morgan fingerprint density at radius 1 is 1.38 bits per heavy atom. The zero-order valence-electron chi connectivity index (χ0n) is 14.0. The number of thiophene rings is 2. The van der Waals surface area contributed by atoms with E-state index < -0.39 is 5.97 Å². The van der Waals surface area contributed by atoms with Gasteiger partial charge in [0.1, 0.15) is 11.4 Å². The van der Waals surface area contributed by atoms with Crippen molar-refractivity contribution in [3.8, 4) is 10.4 Å². The SMILES string of the molecule is COC(=O)CNC(=O)CSc1nc2scc(-c3cccs3)c2c(=O)n1C. The van der Waals surface area contributed by atoms with E-state index in [4.69, 9.17) is 0 Å². The van der Waals surface area contributed by atoms with Gasteiger partial charge < -0.3 is 10.1 Å². The first-order valence-corrected chi connectivity index (χ1v) is 10.2. The lowest BCUT2D eigenvalue weighted by Crippen LogP contribution is -2.31. The van der Waals surface area contributed by atoms with E-state index in [-0.39, 0.29) is 23.8 Å². The van der Waals surface area contributed by atoms with Gasteiger partial charge in [0.05, 0.1) is 18.2 Å². The Hall–Kier alpha value is -2.17. The number of hydrogen-bond acceptors (Lipinski definition) is 8. The molecule has 1 amide bonds. The van der Waals surface area contributed by atoms with E-state index in [1.54, 1.807) is 18.4 Å². The molecule has 0 bridgehead atoms. The third-order valence-electron chi connectivity index (χ3n) is 3.55. The minimum Gasteiger partial charge on any atom is -0.468 e. The van der Waals surface area contributed by atoms with Gasteiger partial charge in [0.2, 0.25) is 5.91 Å². The van der Waals surface area contributed by atoms with Crippen LogP contribution in [0.1, 0.15) is 0 Å². The Labute approximate surface area is 161 Å². The van der Waals surface area contributed by atoms with E-state index in [1.165, 1.54) is 23.0 Å². The maximum atomic E-state index is 12.8. The minimum atomic E-state index is -0.519. The fourth-order valence-corrected chi connectivity index (χ4v) is 4.82. The van der Waals surface area contributed by atoms with Crippen LogP contribution in [0.4, 0.5) is 0 Å². The van der Waals surface area contributed by atoms with Crippen LogP contribution < -0.4 is 10.9 Å². The van der Waals surface area contributed by atoms with Crippen LogP contribution >= 0.6 is 34.4 Å². The first-order valence-electron chi connectivity index (χ1n) is 7.49. The zero-order valence-corrected chi connectivity index (χ0v) is 16.4. The average Bonchev–Trinajstić information content (AvgIpc) is 3.30. The lowest BCUT2D eigenvalue weighted by Gasteiger charge is -2.08. The monoisotopic (exact) mass is 409 g/mol. The van der Waals surface area contributed by atoms with E-state index in [2.05, 4.69) is 15.0 Å². The molecule has 0 fully saturated rings. The van der Waals surface area contributed by atoms with Crippen LogP contribution in [0.15, 0.2) is 32.8 Å². The lowest BCUT2D eigenvalue weighted by molar-refractivity contribution is -0.140. The molecule has 0 aliphatic heterocycles. The predicted molar refractivity (Wildman–Crippen MR) is 104 cm³/mol. The Morgan fingerprint density at radius 2 is 2.19 bits per heavy atom. The van der Waals surface area contributed by atoms with Crippen molar-refractivity contribution in [1.82, 2.24) is 14.9 Å². The van der Waals surface area contributed by atoms with E-state index in [0.717, 1.165) is 22.2 Å². The van der Waals surface area contributed by atoms with Crippen molar-refractivity contribution < 1.29 is 14.3 Å². The van der Waals surface area contributed by atoms with Gasteiger partial charge in [0.15, 0.2) is 5.16 Å². The number of methoxy groups -OCH3 is 1. The fourth-order valence-electron chi connectivity index (χ4n) is 2.22. The maximum absolute atomic E-state index is 12.8. The van der Waals surface area contributed by atoms with Gasteiger partial charge in [-0.15, -0.1) is 22.7 Å². The highest BCUT2D eigenvalue weighted by Crippen LogP contribution is 2.34. The van der Waals surface area contributed by atoms with Crippen molar-refractivity contribution in [1.29, 1.82) is 0 Å². The second-order valence-electron chi connectivity index (χ2n) is 5.21. The Kier molecular flexibility index (Phi) is 5.74. The lowest BCUT2D eigenvalue weighted by atomic mass is 10.2. The summed E-state index contributed by atoms with van der Waals surface area (Å²) >= 11 is 4.13. The topological polar surface area (TPSA) is 90.3 Å². The van der Waals surface area contributed by atoms with Crippen molar-refractivity contribution in [3.63, 3.8) is 0 Å². The molecular formula is C16H15N3O4S3. The summed E-state index contributed by atoms with van der Waals surface area (Å²) in [7, 11) is 2.89. The highest BCUT2D eigenvalue weighted by molar-refractivity contribution is 7.99. The quantitative estimate of drug-likeness (QED) is 0.381. The maximum Gasteiger partial charge on any atom is 0.325 e. The van der Waals surface area contributed by atoms with Crippen molar-refractivity contribution >= 4 is 56.5 Å². The number of nitrogens with zero attached hydrogens (tertiary/aromatic N) is 2. The predicted octanol–water partition coefficient (Wildman–Crippen LogP) is 2.10. The highest BCUT2D eigenvalue weighted by atomic mass is 32.2. The number of thioether (sulfide) groups is 1. The van der Waals surface area contributed by atoms with Gasteiger partial charge in [-0.2, -0.15) is 0 Å². The molecule has 0 aliphatic carbocycles. The molecule has 0 radical (unpaired) electrons. The molecule has 3 aromatic heterocycles. The van der Waals surface area contributed by atoms with Crippen LogP contribution in [-0.2, 0) is 21.4 Å². The number of ether oxygens (including phenoxy) is 1. The smallest absolute Gasteiger partial charge is 0.325 e. The third-order valence-corrected chi connectivity index (χ3v) is 6.36. The van der Waals surface area contributed by atoms with Gasteiger partial charge in [-0.25, -0.2) is 4.98 Å². The summed E-state index contributed by atoms with van der Waals surface area (Å²) < 4.78 is 5.91. The van der Waals surface area contributed by atoms with Crippen molar-refractivity contribution in [2.24, 2.45) is 7.05 Å². The molecule has 10 heteroatoms. The molecule has 1 N–H and O–H groups in total. The summed E-state index contributed by atoms with van der Waals surface area (Å²) in [6.07, 6.45) is 0. The fraction of sp³-hybridized carbons (Fsp3) is 0.250. The van der Waals surface area contributed by atoms with Crippen LogP contribution in [0.25, 0.3) is 20.7 Å². The Balaban J connectivity index is 1.81. The van der Waals surface area contributed by atoms with E-state index >= 15 is 0 Å². The molecule has 0 aliphatic rings. The molecule has 26 heavy (non-hydrogen) atoms. The molecule has 0 saturated carbocycles. The minimum absolute atomic E-state index is 0.0476. The Morgan fingerprint density at radius 3 is 2.88 bits per heavy atom. The van der Waals surface area contributed by atoms with Crippen molar-refractivity contribution in [3.05, 3.63) is 33.2 Å². The van der Waals surface area contributed by atoms with E-state index in [0.29, 0.717) is 15.4 Å². The number of hydrogen-bond donors (Lipinski definition) is 1. The van der Waals surface area contributed by atoms with Crippen LogP contribution in [0.3, 0.4) is 0 Å².